The van der Waals surface area contributed by atoms with Crippen LogP contribution >= 0.6 is 37.2 Å². The maximum Gasteiger partial charge on any atom is 0.472 e. The number of phosphoric ester groups is 2. The van der Waals surface area contributed by atoms with Crippen molar-refractivity contribution in [3.63, 3.8) is 0 Å². The minimum absolute atomic E-state index is 0.0129. The number of phosphoric acid groups is 2. The number of hydrogen-bond donors (Lipinski definition) is 6. The maximum absolute atomic E-state index is 13.6. The van der Waals surface area contributed by atoms with Gasteiger partial charge in [-0.3, -0.25) is 32.4 Å². The van der Waals surface area contributed by atoms with Gasteiger partial charge in [0.15, 0.2) is 23.8 Å². The van der Waals surface area contributed by atoms with E-state index < -0.39 is 102 Å². The number of aliphatic hydroxyl groups is 1. The summed E-state index contributed by atoms with van der Waals surface area (Å²) in [7, 11) is -7.21. The lowest BCUT2D eigenvalue weighted by atomic mass is 10.1. The molecule has 5 rings (SSSR count). The predicted molar refractivity (Wildman–Crippen MR) is 217 cm³/mol. The Balaban J connectivity index is 1.35. The number of ether oxygens (including phenoxy) is 4. The van der Waals surface area contributed by atoms with Crippen LogP contribution < -0.4 is 17.2 Å². The molecule has 0 spiro atoms. The molecule has 1 unspecified atom stereocenters. The highest BCUT2D eigenvalue weighted by atomic mass is 33.1. The lowest BCUT2D eigenvalue weighted by molar-refractivity contribution is -0.157. The van der Waals surface area contributed by atoms with Crippen molar-refractivity contribution in [3.8, 4) is 0 Å². The van der Waals surface area contributed by atoms with Crippen LogP contribution in [-0.2, 0) is 46.4 Å². The van der Waals surface area contributed by atoms with Gasteiger partial charge >= 0.3 is 33.4 Å². The van der Waals surface area contributed by atoms with Gasteiger partial charge in [-0.15, -0.1) is 0 Å². The standard InChI is InChI=1S/C32H49N9O16P2S2/c1-31(2,3)56-30(45)39(9-10-60-61-32(4,5)6)12-22(42)55-25-19(54-28(24(25)43)41-16-37-23-26(34)35-15-36-27(23)41)14-52-59(49,50)57-17-11-21(40-8-7-20(33)38-29(40)44)53-18(17)13-51-58(46,47)48/h7-8,15-19,21,24-25,28,43H,9-14H2,1-6H3,(H,49,50)(H2,33,38,44)(H2,34,35,36)(H2,46,47,48)/t17-,18+,19+,21+,24+,25+,28+/m0/s1. The van der Waals surface area contributed by atoms with Crippen LogP contribution in [0.4, 0.5) is 16.4 Å². The normalized spacial score (nSPS) is 24.5. The van der Waals surface area contributed by atoms with Gasteiger partial charge in [0.05, 0.1) is 19.5 Å². The highest BCUT2D eigenvalue weighted by molar-refractivity contribution is 8.77. The molecule has 0 aliphatic carbocycles. The molecule has 2 fully saturated rings. The summed E-state index contributed by atoms with van der Waals surface area (Å²) in [6.07, 6.45) is -7.87. The van der Waals surface area contributed by atoms with E-state index in [-0.39, 0.29) is 40.5 Å². The molecular formula is C32H49N9O16P2S2. The number of nitrogens with two attached hydrogens (primary N) is 2. The average Bonchev–Trinajstić information content (AvgIpc) is 3.82. The smallest absolute Gasteiger partial charge is 0.455 e. The molecule has 0 aromatic carbocycles. The molecule has 2 aliphatic heterocycles. The molecule has 340 valence electrons. The molecule has 29 heteroatoms. The van der Waals surface area contributed by atoms with Crippen LogP contribution in [0.3, 0.4) is 0 Å². The molecular weight excluding hydrogens is 892 g/mol. The second-order valence-corrected chi connectivity index (χ2v) is 21.5. The van der Waals surface area contributed by atoms with Crippen molar-refractivity contribution in [2.24, 2.45) is 0 Å². The number of nitrogens with zero attached hydrogens (tertiary/aromatic N) is 7. The Morgan fingerprint density at radius 1 is 1.02 bits per heavy atom. The van der Waals surface area contributed by atoms with Crippen molar-refractivity contribution in [2.75, 3.05) is 43.5 Å². The fourth-order valence-electron chi connectivity index (χ4n) is 5.87. The minimum atomic E-state index is -5.21. The average molecular weight is 942 g/mol. The Morgan fingerprint density at radius 2 is 1.72 bits per heavy atom. The first-order valence-electron chi connectivity index (χ1n) is 18.4. The summed E-state index contributed by atoms with van der Waals surface area (Å²) in [5, 5.41) is 11.6. The Hall–Kier alpha value is -3.43. The number of anilines is 2. The molecule has 8 atom stereocenters. The molecule has 61 heavy (non-hydrogen) atoms. The van der Waals surface area contributed by atoms with Gasteiger partial charge in [0.1, 0.15) is 60.5 Å². The number of carbonyl (C=O) groups is 2. The first-order valence-corrected chi connectivity index (χ1v) is 23.7. The number of hydrogen-bond acceptors (Lipinski definition) is 21. The number of rotatable bonds is 17. The van der Waals surface area contributed by atoms with Crippen molar-refractivity contribution < 1.29 is 71.0 Å². The van der Waals surface area contributed by atoms with Crippen LogP contribution in [0, 0.1) is 0 Å². The second kappa shape index (κ2) is 19.5. The van der Waals surface area contributed by atoms with E-state index in [0.717, 1.165) is 15.8 Å². The number of aliphatic hydroxyl groups excluding tert-OH is 1. The van der Waals surface area contributed by atoms with Gasteiger partial charge in [-0.1, -0.05) is 42.4 Å². The van der Waals surface area contributed by atoms with Crippen molar-refractivity contribution in [2.45, 2.75) is 101 Å². The third-order valence-corrected chi connectivity index (χ3v) is 13.2. The summed E-state index contributed by atoms with van der Waals surface area (Å²) in [4.78, 5) is 85.8. The molecule has 0 bridgehead atoms. The molecule has 2 aliphatic rings. The Morgan fingerprint density at radius 3 is 2.38 bits per heavy atom. The zero-order chi connectivity index (χ0) is 45.1. The highest BCUT2D eigenvalue weighted by Crippen LogP contribution is 2.50. The van der Waals surface area contributed by atoms with E-state index in [4.69, 9.17) is 39.5 Å². The van der Waals surface area contributed by atoms with E-state index in [0.29, 0.717) is 5.75 Å². The summed E-state index contributed by atoms with van der Waals surface area (Å²) >= 11 is 0. The Kier molecular flexibility index (Phi) is 15.6. The number of aromatic nitrogens is 6. The SMILES string of the molecule is CC(C)(C)OC(=O)N(CCSSC(C)(C)C)CC(=O)O[C@H]1[C@@H](O)[C@H](n2cnc3c(N)ncnc32)O[C@@H]1COP(=O)(O)O[C@H]1C[C@H](n2ccc(N)nc2=O)O[C@@H]1COP(=O)(O)O. The molecule has 5 heterocycles. The quantitative estimate of drug-likeness (QED) is 0.0486. The highest BCUT2D eigenvalue weighted by Gasteiger charge is 2.50. The number of fused-ring (bicyclic) bond motifs is 1. The first-order chi connectivity index (χ1) is 28.3. The van der Waals surface area contributed by atoms with E-state index in [1.54, 1.807) is 31.6 Å². The maximum atomic E-state index is 13.6. The number of imidazole rings is 1. The van der Waals surface area contributed by atoms with Gasteiger partial charge in [0.25, 0.3) is 0 Å². The van der Waals surface area contributed by atoms with Gasteiger partial charge in [-0.2, -0.15) is 4.98 Å². The van der Waals surface area contributed by atoms with Crippen LogP contribution in [-0.4, -0.2) is 139 Å². The minimum Gasteiger partial charge on any atom is -0.455 e. The van der Waals surface area contributed by atoms with E-state index in [2.05, 4.69) is 24.5 Å². The van der Waals surface area contributed by atoms with Crippen molar-refractivity contribution >= 4 is 72.1 Å². The monoisotopic (exact) mass is 941 g/mol. The van der Waals surface area contributed by atoms with E-state index in [1.165, 1.54) is 34.0 Å². The summed E-state index contributed by atoms with van der Waals surface area (Å²) < 4.78 is 65.4. The molecule has 8 N–H and O–H groups in total. The Bertz CT molecular complexity index is 2180. The molecule has 1 amide bonds. The van der Waals surface area contributed by atoms with Gasteiger partial charge in [0, 0.05) is 29.7 Å². The largest absolute Gasteiger partial charge is 0.472 e. The van der Waals surface area contributed by atoms with Crippen molar-refractivity contribution in [3.05, 3.63) is 35.4 Å². The van der Waals surface area contributed by atoms with E-state index in [9.17, 15) is 43.3 Å². The second-order valence-electron chi connectivity index (χ2n) is 15.6. The zero-order valence-corrected chi connectivity index (χ0v) is 37.2. The molecule has 25 nitrogen and oxygen atoms in total. The van der Waals surface area contributed by atoms with Crippen LogP contribution in [0.25, 0.3) is 11.2 Å². The lowest BCUT2D eigenvalue weighted by Gasteiger charge is -2.28. The van der Waals surface area contributed by atoms with Crippen molar-refractivity contribution in [1.29, 1.82) is 0 Å². The fourth-order valence-corrected chi connectivity index (χ4v) is 9.44. The number of amides is 1. The van der Waals surface area contributed by atoms with E-state index in [1.807, 2.05) is 20.8 Å². The van der Waals surface area contributed by atoms with Crippen LogP contribution in [0.2, 0.25) is 0 Å². The van der Waals surface area contributed by atoms with Crippen molar-refractivity contribution in [1.82, 2.24) is 34.0 Å². The fraction of sp³-hybridized carbons (Fsp3) is 0.656. The van der Waals surface area contributed by atoms with Gasteiger partial charge in [0.2, 0.25) is 0 Å². The number of nitrogen functional groups attached to an aromatic ring is 2. The third kappa shape index (κ3) is 13.8. The third-order valence-electron chi connectivity index (χ3n) is 8.38. The lowest BCUT2D eigenvalue weighted by Crippen LogP contribution is -2.44. The molecule has 2 saturated heterocycles. The van der Waals surface area contributed by atoms with Gasteiger partial charge < -0.3 is 50.2 Å². The molecule has 3 aromatic heterocycles. The predicted octanol–water partition coefficient (Wildman–Crippen LogP) is 1.73. The molecule has 0 radical (unpaired) electrons. The topological polar surface area (TPSA) is 348 Å². The first kappa shape index (κ1) is 48.6. The van der Waals surface area contributed by atoms with Gasteiger partial charge in [-0.25, -0.2) is 33.7 Å². The van der Waals surface area contributed by atoms with Gasteiger partial charge in [-0.05, 0) is 26.8 Å². The van der Waals surface area contributed by atoms with Crippen LogP contribution in [0.1, 0.15) is 60.4 Å². The Labute approximate surface area is 356 Å². The summed E-state index contributed by atoms with van der Waals surface area (Å²) in [6.45, 7) is 8.81. The number of esters is 1. The summed E-state index contributed by atoms with van der Waals surface area (Å²) in [5.74, 6) is -0.674. The summed E-state index contributed by atoms with van der Waals surface area (Å²) in [6, 6.07) is 1.28. The van der Waals surface area contributed by atoms with E-state index >= 15 is 0 Å². The summed E-state index contributed by atoms with van der Waals surface area (Å²) in [5.41, 5.74) is 10.0. The van der Waals surface area contributed by atoms with Crippen LogP contribution in [0.15, 0.2) is 29.7 Å². The molecule has 0 saturated carbocycles. The number of carbonyl (C=O) groups excluding carboxylic acids is 2. The van der Waals surface area contributed by atoms with Crippen LogP contribution in [0.5, 0.6) is 0 Å². The zero-order valence-electron chi connectivity index (χ0n) is 33.8. The molecule has 3 aromatic rings.